The Morgan fingerprint density at radius 2 is 2.20 bits per heavy atom. The van der Waals surface area contributed by atoms with Crippen molar-refractivity contribution in [1.82, 2.24) is 0 Å². The van der Waals surface area contributed by atoms with Gasteiger partial charge < -0.3 is 10.0 Å². The number of hydrogen-bond donors (Lipinski definition) is 1. The van der Waals surface area contributed by atoms with Gasteiger partial charge in [0.1, 0.15) is 17.1 Å². The molecule has 1 N–H and O–H groups in total. The third kappa shape index (κ3) is 2.61. The lowest BCUT2D eigenvalue weighted by atomic mass is 10.1. The summed E-state index contributed by atoms with van der Waals surface area (Å²) in [5, 5.41) is 19.9. The van der Waals surface area contributed by atoms with Crippen molar-refractivity contribution < 1.29 is 19.2 Å². The fourth-order valence-corrected chi connectivity index (χ4v) is 2.10. The SMILES string of the molecule is CC1=CCN(c2cc(F)c(C(=O)O)cc2[N+](=O)[O-])CC1. The molecule has 0 radical (unpaired) electrons. The van der Waals surface area contributed by atoms with Crippen molar-refractivity contribution in [2.75, 3.05) is 18.0 Å². The summed E-state index contributed by atoms with van der Waals surface area (Å²) >= 11 is 0. The number of carbonyl (C=O) groups is 1. The van der Waals surface area contributed by atoms with Crippen LogP contribution in [-0.2, 0) is 0 Å². The van der Waals surface area contributed by atoms with Gasteiger partial charge in [-0.15, -0.1) is 0 Å². The van der Waals surface area contributed by atoms with Crippen LogP contribution in [0.3, 0.4) is 0 Å². The lowest BCUT2D eigenvalue weighted by Crippen LogP contribution is -2.29. The van der Waals surface area contributed by atoms with Gasteiger partial charge in [0.15, 0.2) is 0 Å². The van der Waals surface area contributed by atoms with Gasteiger partial charge >= 0.3 is 5.97 Å². The van der Waals surface area contributed by atoms with Crippen LogP contribution in [0.2, 0.25) is 0 Å². The van der Waals surface area contributed by atoms with Crippen LogP contribution in [0.1, 0.15) is 23.7 Å². The molecular formula is C13H13FN2O4. The Morgan fingerprint density at radius 3 is 2.70 bits per heavy atom. The van der Waals surface area contributed by atoms with Gasteiger partial charge in [-0.1, -0.05) is 11.6 Å². The third-order valence-corrected chi connectivity index (χ3v) is 3.27. The minimum atomic E-state index is -1.52. The molecule has 1 aliphatic heterocycles. The largest absolute Gasteiger partial charge is 0.478 e. The summed E-state index contributed by atoms with van der Waals surface area (Å²) < 4.78 is 13.7. The molecule has 0 aromatic heterocycles. The highest BCUT2D eigenvalue weighted by atomic mass is 19.1. The van der Waals surface area contributed by atoms with E-state index < -0.39 is 28.0 Å². The quantitative estimate of drug-likeness (QED) is 0.522. The van der Waals surface area contributed by atoms with Crippen molar-refractivity contribution >= 4 is 17.3 Å². The number of anilines is 1. The van der Waals surface area contributed by atoms with E-state index in [1.54, 1.807) is 4.90 Å². The van der Waals surface area contributed by atoms with Gasteiger partial charge in [0.25, 0.3) is 5.69 Å². The summed E-state index contributed by atoms with van der Waals surface area (Å²) in [6.07, 6.45) is 2.65. The van der Waals surface area contributed by atoms with E-state index in [0.717, 1.165) is 18.6 Å². The first kappa shape index (κ1) is 14.0. The number of rotatable bonds is 3. The molecule has 1 aliphatic rings. The summed E-state index contributed by atoms with van der Waals surface area (Å²) in [7, 11) is 0. The number of carboxylic acid groups (broad SMARTS) is 1. The second-order valence-corrected chi connectivity index (χ2v) is 4.63. The molecule has 7 heteroatoms. The molecule has 0 spiro atoms. The smallest absolute Gasteiger partial charge is 0.338 e. The van der Waals surface area contributed by atoms with Gasteiger partial charge in [0.2, 0.25) is 0 Å². The monoisotopic (exact) mass is 280 g/mol. The number of benzene rings is 1. The Bertz CT molecular complexity index is 613. The number of halogens is 1. The molecule has 1 aromatic rings. The Morgan fingerprint density at radius 1 is 1.50 bits per heavy atom. The number of nitro benzene ring substituents is 1. The Labute approximate surface area is 114 Å². The Balaban J connectivity index is 2.49. The van der Waals surface area contributed by atoms with Gasteiger partial charge in [-0.3, -0.25) is 10.1 Å². The van der Waals surface area contributed by atoms with Crippen LogP contribution in [0.25, 0.3) is 0 Å². The maximum absolute atomic E-state index is 13.7. The lowest BCUT2D eigenvalue weighted by molar-refractivity contribution is -0.384. The van der Waals surface area contributed by atoms with E-state index in [0.29, 0.717) is 13.1 Å². The van der Waals surface area contributed by atoms with E-state index in [2.05, 4.69) is 0 Å². The second-order valence-electron chi connectivity index (χ2n) is 4.63. The van der Waals surface area contributed by atoms with Crippen molar-refractivity contribution in [3.05, 3.63) is 45.3 Å². The molecule has 1 heterocycles. The van der Waals surface area contributed by atoms with Crippen LogP contribution in [0.5, 0.6) is 0 Å². The van der Waals surface area contributed by atoms with E-state index in [-0.39, 0.29) is 5.69 Å². The molecule has 106 valence electrons. The average Bonchev–Trinajstić information content (AvgIpc) is 2.38. The first-order valence-electron chi connectivity index (χ1n) is 6.02. The van der Waals surface area contributed by atoms with Gasteiger partial charge in [-0.25, -0.2) is 9.18 Å². The fraction of sp³-hybridized carbons (Fsp3) is 0.308. The number of nitrogens with zero attached hydrogens (tertiary/aromatic N) is 2. The van der Waals surface area contributed by atoms with Crippen molar-refractivity contribution in [1.29, 1.82) is 0 Å². The predicted molar refractivity (Wildman–Crippen MR) is 70.6 cm³/mol. The topological polar surface area (TPSA) is 83.7 Å². The summed E-state index contributed by atoms with van der Waals surface area (Å²) in [4.78, 5) is 22.9. The lowest BCUT2D eigenvalue weighted by Gasteiger charge is -2.27. The maximum atomic E-state index is 13.7. The van der Waals surface area contributed by atoms with Crippen LogP contribution in [0.4, 0.5) is 15.8 Å². The van der Waals surface area contributed by atoms with Crippen molar-refractivity contribution in [2.24, 2.45) is 0 Å². The molecule has 0 unspecified atom stereocenters. The molecule has 0 aliphatic carbocycles. The molecule has 0 atom stereocenters. The summed E-state index contributed by atoms with van der Waals surface area (Å²) in [6.45, 7) is 2.94. The van der Waals surface area contributed by atoms with E-state index in [9.17, 15) is 19.3 Å². The van der Waals surface area contributed by atoms with Crippen LogP contribution in [0.15, 0.2) is 23.8 Å². The zero-order chi connectivity index (χ0) is 14.9. The second kappa shape index (κ2) is 5.28. The van der Waals surface area contributed by atoms with Gasteiger partial charge in [-0.2, -0.15) is 0 Å². The normalized spacial score (nSPS) is 14.9. The molecule has 0 bridgehead atoms. The van der Waals surface area contributed by atoms with Gasteiger partial charge in [0, 0.05) is 25.2 Å². The molecule has 6 nitrogen and oxygen atoms in total. The molecule has 2 rings (SSSR count). The zero-order valence-corrected chi connectivity index (χ0v) is 10.8. The van der Waals surface area contributed by atoms with Crippen LogP contribution in [0, 0.1) is 15.9 Å². The minimum absolute atomic E-state index is 0.112. The highest BCUT2D eigenvalue weighted by Crippen LogP contribution is 2.32. The highest BCUT2D eigenvalue weighted by Gasteiger charge is 2.25. The average molecular weight is 280 g/mol. The zero-order valence-electron chi connectivity index (χ0n) is 10.8. The minimum Gasteiger partial charge on any atom is -0.478 e. The summed E-state index contributed by atoms with van der Waals surface area (Å²) in [6, 6.07) is 1.70. The molecule has 1 aromatic carbocycles. The molecular weight excluding hydrogens is 267 g/mol. The van der Waals surface area contributed by atoms with Gasteiger partial charge in [-0.05, 0) is 13.3 Å². The van der Waals surface area contributed by atoms with E-state index in [1.807, 2.05) is 13.0 Å². The molecule has 0 fully saturated rings. The molecule has 20 heavy (non-hydrogen) atoms. The van der Waals surface area contributed by atoms with Crippen molar-refractivity contribution in [3.8, 4) is 0 Å². The first-order valence-corrected chi connectivity index (χ1v) is 6.02. The van der Waals surface area contributed by atoms with Crippen LogP contribution < -0.4 is 4.90 Å². The van der Waals surface area contributed by atoms with Gasteiger partial charge in [0.05, 0.1) is 4.92 Å². The van der Waals surface area contributed by atoms with Crippen LogP contribution >= 0.6 is 0 Å². The van der Waals surface area contributed by atoms with E-state index in [4.69, 9.17) is 5.11 Å². The summed E-state index contributed by atoms with van der Waals surface area (Å²) in [5.74, 6) is -2.49. The summed E-state index contributed by atoms with van der Waals surface area (Å²) in [5.41, 5.74) is 0.203. The van der Waals surface area contributed by atoms with Crippen molar-refractivity contribution in [2.45, 2.75) is 13.3 Å². The predicted octanol–water partition coefficient (Wildman–Crippen LogP) is 2.59. The van der Waals surface area contributed by atoms with E-state index in [1.165, 1.54) is 5.57 Å². The molecule has 0 saturated carbocycles. The maximum Gasteiger partial charge on any atom is 0.338 e. The van der Waals surface area contributed by atoms with Crippen LogP contribution in [-0.4, -0.2) is 29.1 Å². The number of carboxylic acids is 1. The van der Waals surface area contributed by atoms with Crippen molar-refractivity contribution in [3.63, 3.8) is 0 Å². The molecule has 0 amide bonds. The standard InChI is InChI=1S/C13H13FN2O4/c1-8-2-4-15(5-3-8)11-7-10(14)9(13(17)18)6-12(11)16(19)20/h2,6-7H,3-5H2,1H3,(H,17,18). The third-order valence-electron chi connectivity index (χ3n) is 3.27. The number of nitro groups is 1. The number of hydrogen-bond acceptors (Lipinski definition) is 4. The molecule has 0 saturated heterocycles. The Hall–Kier alpha value is -2.44. The highest BCUT2D eigenvalue weighted by molar-refractivity contribution is 5.90. The number of aromatic carboxylic acids is 1. The fourth-order valence-electron chi connectivity index (χ4n) is 2.10. The first-order chi connectivity index (χ1) is 9.40. The Kier molecular flexibility index (Phi) is 3.69. The van der Waals surface area contributed by atoms with E-state index >= 15 is 0 Å².